The Balaban J connectivity index is -0.000000536. The molecular formula is C25H29BrCuFN2O8. The Kier molecular flexibility index (Phi) is 19.8. The number of ether oxygens (including phenoxy) is 6. The van der Waals surface area contributed by atoms with Gasteiger partial charge in [0.05, 0.1) is 38.4 Å². The third-order valence-electron chi connectivity index (χ3n) is 4.09. The molecule has 0 radical (unpaired) electrons. The van der Waals surface area contributed by atoms with Crippen molar-refractivity contribution < 1.29 is 60.8 Å². The summed E-state index contributed by atoms with van der Waals surface area (Å²) in [6.45, 7) is 9.12. The van der Waals surface area contributed by atoms with Gasteiger partial charge in [0.15, 0.2) is 23.0 Å². The fourth-order valence-electron chi connectivity index (χ4n) is 2.69. The van der Waals surface area contributed by atoms with E-state index in [2.05, 4.69) is 15.9 Å². The van der Waals surface area contributed by atoms with E-state index in [0.717, 1.165) is 0 Å². The van der Waals surface area contributed by atoms with Gasteiger partial charge < -0.3 is 40.3 Å². The summed E-state index contributed by atoms with van der Waals surface area (Å²) in [6.07, 6.45) is 0. The minimum absolute atomic E-state index is 0. The van der Waals surface area contributed by atoms with Crippen molar-refractivity contribution in [3.05, 3.63) is 52.0 Å². The molecule has 2 heterocycles. The summed E-state index contributed by atoms with van der Waals surface area (Å²) in [4.78, 5) is 23.1. The molecule has 0 spiro atoms. The van der Waals surface area contributed by atoms with Crippen molar-refractivity contribution in [3.63, 3.8) is 0 Å². The molecule has 0 amide bonds. The number of halogens is 2. The maximum Gasteiger partial charge on any atom is 1.00 e. The quantitative estimate of drug-likeness (QED) is 0.228. The predicted octanol–water partition coefficient (Wildman–Crippen LogP) is 5.77. The van der Waals surface area contributed by atoms with Crippen LogP contribution in [0.15, 0.2) is 28.7 Å². The van der Waals surface area contributed by atoms with Gasteiger partial charge in [-0.3, -0.25) is 4.39 Å². The summed E-state index contributed by atoms with van der Waals surface area (Å²) in [5.74, 6) is 1.24. The van der Waals surface area contributed by atoms with Gasteiger partial charge in [0.1, 0.15) is 6.07 Å². The number of carbonyl (C=O) groups excluding carboxylic acids is 2. The number of benzene rings is 2. The number of carbonyl (C=O) groups is 2. The van der Waals surface area contributed by atoms with E-state index in [1.54, 1.807) is 26.0 Å². The molecule has 10 nitrogen and oxygen atoms in total. The first-order chi connectivity index (χ1) is 17.4. The maximum atomic E-state index is 11.6. The molecule has 0 atom stereocenters. The number of esters is 2. The average Bonchev–Trinajstić information content (AvgIpc) is 3.53. The van der Waals surface area contributed by atoms with Crippen LogP contribution in [-0.2, 0) is 26.5 Å². The predicted molar refractivity (Wildman–Crippen MR) is 135 cm³/mol. The molecule has 38 heavy (non-hydrogen) atoms. The van der Waals surface area contributed by atoms with E-state index < -0.39 is 13.1 Å². The summed E-state index contributed by atoms with van der Waals surface area (Å²) < 4.78 is 46.5. The Bertz CT molecular complexity index is 1130. The van der Waals surface area contributed by atoms with Crippen LogP contribution in [0.2, 0.25) is 0 Å². The van der Waals surface area contributed by atoms with E-state index in [-0.39, 0.29) is 69.2 Å². The van der Waals surface area contributed by atoms with Crippen molar-refractivity contribution in [2.24, 2.45) is 0 Å². The zero-order chi connectivity index (χ0) is 27.1. The van der Waals surface area contributed by atoms with Crippen LogP contribution in [0.5, 0.6) is 23.0 Å². The van der Waals surface area contributed by atoms with E-state index >= 15 is 0 Å². The van der Waals surface area contributed by atoms with Gasteiger partial charge in [-0.2, -0.15) is 5.26 Å². The number of rotatable bonds is 4. The topological polar surface area (TPSA) is 137 Å². The molecule has 0 unspecified atom stereocenters. The van der Waals surface area contributed by atoms with Crippen LogP contribution in [0.1, 0.15) is 56.4 Å². The molecule has 2 aromatic rings. The molecule has 2 aromatic carbocycles. The molecule has 0 N–H and O–H groups in total. The standard InChI is InChI=1S/C11H9NO4.C10H9BrO4.CH3F.CN.2CH4.Cu/c1-2-14-11(13)8-4-10-9(15-6-16-10)3-7(8)5-12;1-2-13-10(12)6-3-8-9(4-7(6)11)15-5-14-8;2*1-2;;;/h3-4H,2,6H2,1H3;3-4H,2,5H2,1H3;1H3;;2*1H4;/q;;;-1;;;+1/i;;1D;;;;. The molecule has 0 bridgehead atoms. The monoisotopic (exact) mass is 647 g/mol. The molecule has 212 valence electrons. The largest absolute Gasteiger partial charge is 1.00 e. The van der Waals surface area contributed by atoms with E-state index in [4.69, 9.17) is 46.9 Å². The summed E-state index contributed by atoms with van der Waals surface area (Å²) in [5.41, 5.74) is 0.873. The molecule has 2 aliphatic heterocycles. The van der Waals surface area contributed by atoms with Crippen molar-refractivity contribution in [1.29, 1.82) is 10.5 Å². The number of hydrogen-bond acceptors (Lipinski definition) is 10. The van der Waals surface area contributed by atoms with Crippen LogP contribution in [0.25, 0.3) is 0 Å². The Labute approximate surface area is 242 Å². The Morgan fingerprint density at radius 2 is 1.32 bits per heavy atom. The van der Waals surface area contributed by atoms with Gasteiger partial charge in [-0.05, 0) is 41.9 Å². The van der Waals surface area contributed by atoms with Gasteiger partial charge in [-0.25, -0.2) is 9.59 Å². The minimum atomic E-state index is -1.00. The first-order valence-corrected chi connectivity index (χ1v) is 10.5. The Hall–Kier alpha value is -3.51. The summed E-state index contributed by atoms with van der Waals surface area (Å²) in [6, 6.07) is 8.20. The van der Waals surface area contributed by atoms with Gasteiger partial charge in [0.25, 0.3) is 0 Å². The van der Waals surface area contributed by atoms with Crippen LogP contribution in [0.4, 0.5) is 4.39 Å². The first kappa shape index (κ1) is 36.6. The molecule has 4 rings (SSSR count). The zero-order valence-corrected chi connectivity index (χ0v) is 21.6. The van der Waals surface area contributed by atoms with Crippen LogP contribution < -0.4 is 18.9 Å². The van der Waals surface area contributed by atoms with Gasteiger partial charge in [-0.1, -0.05) is 14.9 Å². The molecule has 13 heteroatoms. The normalized spacial score (nSPS) is 10.6. The average molecular weight is 649 g/mol. The van der Waals surface area contributed by atoms with Gasteiger partial charge in [0.2, 0.25) is 13.6 Å². The smallest absolute Gasteiger partial charge is 0.512 e. The summed E-state index contributed by atoms with van der Waals surface area (Å²) >= 11 is 3.28. The fourth-order valence-corrected chi connectivity index (χ4v) is 3.18. The number of alkyl halides is 1. The van der Waals surface area contributed by atoms with Crippen LogP contribution in [0.3, 0.4) is 0 Å². The number of nitrogens with zero attached hydrogens (tertiary/aromatic N) is 2. The molecule has 0 saturated heterocycles. The maximum absolute atomic E-state index is 11.6. The van der Waals surface area contributed by atoms with Gasteiger partial charge >= 0.3 is 29.0 Å². The van der Waals surface area contributed by atoms with E-state index in [0.29, 0.717) is 39.6 Å². The van der Waals surface area contributed by atoms with Crippen LogP contribution in [-0.4, -0.2) is 45.9 Å². The summed E-state index contributed by atoms with van der Waals surface area (Å²) in [5, 5.41) is 15.2. The van der Waals surface area contributed by atoms with Crippen LogP contribution >= 0.6 is 15.9 Å². The van der Waals surface area contributed by atoms with E-state index in [9.17, 15) is 14.0 Å². The second kappa shape index (κ2) is 20.5. The Morgan fingerprint density at radius 3 is 1.74 bits per heavy atom. The van der Waals surface area contributed by atoms with E-state index in [1.807, 2.05) is 6.07 Å². The molecule has 0 aliphatic carbocycles. The molecule has 0 fully saturated rings. The second-order valence-electron chi connectivity index (χ2n) is 5.99. The van der Waals surface area contributed by atoms with Crippen molar-refractivity contribution in [2.45, 2.75) is 28.7 Å². The van der Waals surface area contributed by atoms with Crippen molar-refractivity contribution in [2.75, 3.05) is 34.0 Å². The fraction of sp³-hybridized carbons (Fsp3) is 0.360. The Morgan fingerprint density at radius 1 is 0.947 bits per heavy atom. The van der Waals surface area contributed by atoms with Crippen molar-refractivity contribution in [3.8, 4) is 29.1 Å². The number of fused-ring (bicyclic) bond motifs is 2. The third-order valence-corrected chi connectivity index (χ3v) is 4.74. The second-order valence-corrected chi connectivity index (χ2v) is 6.84. The number of hydrogen-bond donors (Lipinski definition) is 0. The first-order valence-electron chi connectivity index (χ1n) is 10.4. The zero-order valence-electron chi connectivity index (χ0n) is 20.1. The van der Waals surface area contributed by atoms with Crippen LogP contribution in [0, 0.1) is 23.2 Å². The van der Waals surface area contributed by atoms with Crippen molar-refractivity contribution in [1.82, 2.24) is 0 Å². The van der Waals surface area contributed by atoms with Gasteiger partial charge in [-0.15, -0.1) is 0 Å². The third kappa shape index (κ3) is 10.1. The van der Waals surface area contributed by atoms with Gasteiger partial charge in [0, 0.05) is 16.6 Å². The van der Waals surface area contributed by atoms with E-state index in [1.165, 1.54) is 12.1 Å². The molecule has 0 saturated carbocycles. The summed E-state index contributed by atoms with van der Waals surface area (Å²) in [7, 11) is -1.00. The SMILES string of the molecule is C.C.CCOC(=O)c1cc2c(cc1Br)OCO2.CCOC(=O)c1cc2c(cc1C#N)OCO2.[2H]CF.[C-]#N.[Cu+]. The molecule has 0 aromatic heterocycles. The molecule has 2 aliphatic rings. The minimum Gasteiger partial charge on any atom is -0.512 e. The molecular weight excluding hydrogens is 619 g/mol. The van der Waals surface area contributed by atoms with Crippen molar-refractivity contribution >= 4 is 27.9 Å². The number of nitriles is 1.